The number of nitrogens with zero attached hydrogens (tertiary/aromatic N) is 1. The fraction of sp³-hybridized carbons (Fsp3) is 0. The zero-order valence-corrected chi connectivity index (χ0v) is 9.97. The van der Waals surface area contributed by atoms with Gasteiger partial charge in [-0.25, -0.2) is 13.8 Å². The summed E-state index contributed by atoms with van der Waals surface area (Å²) < 4.78 is 25.8. The summed E-state index contributed by atoms with van der Waals surface area (Å²) >= 11 is 4.84. The molecule has 0 unspecified atom stereocenters. The number of rotatable bonds is 3. The van der Waals surface area contributed by atoms with Crippen LogP contribution in [0.4, 0.5) is 20.3 Å². The molecule has 1 aromatic heterocycles. The normalized spacial score (nSPS) is 10.1. The molecule has 0 radical (unpaired) electrons. The van der Waals surface area contributed by atoms with Crippen LogP contribution in [0.1, 0.15) is 5.56 Å². The van der Waals surface area contributed by atoms with Crippen LogP contribution in [0.2, 0.25) is 0 Å². The van der Waals surface area contributed by atoms with Crippen LogP contribution in [0, 0.1) is 11.6 Å². The maximum absolute atomic E-state index is 13.0. The standard InChI is InChI=1S/C12H9F2N3S/c13-9-2-1-8(6-10(9)14)17-11-5-7(12(15)18)3-4-16-11/h1-6H,(H2,15,18)(H,16,17). The van der Waals surface area contributed by atoms with Gasteiger partial charge in [-0.3, -0.25) is 0 Å². The summed E-state index contributed by atoms with van der Waals surface area (Å²) in [4.78, 5) is 4.27. The van der Waals surface area contributed by atoms with Crippen LogP contribution in [0.25, 0.3) is 0 Å². The summed E-state index contributed by atoms with van der Waals surface area (Å²) in [5, 5.41) is 2.83. The van der Waals surface area contributed by atoms with E-state index in [0.29, 0.717) is 17.1 Å². The largest absolute Gasteiger partial charge is 0.389 e. The molecule has 1 heterocycles. The van der Waals surface area contributed by atoms with E-state index in [9.17, 15) is 8.78 Å². The number of nitrogens with one attached hydrogen (secondary N) is 1. The molecule has 0 saturated heterocycles. The van der Waals surface area contributed by atoms with E-state index in [1.54, 1.807) is 12.1 Å². The monoisotopic (exact) mass is 265 g/mol. The molecule has 0 atom stereocenters. The van der Waals surface area contributed by atoms with E-state index in [-0.39, 0.29) is 4.99 Å². The summed E-state index contributed by atoms with van der Waals surface area (Å²) in [7, 11) is 0. The lowest BCUT2D eigenvalue weighted by molar-refractivity contribution is 0.509. The van der Waals surface area contributed by atoms with Crippen molar-refractivity contribution in [1.29, 1.82) is 0 Å². The molecule has 6 heteroatoms. The summed E-state index contributed by atoms with van der Waals surface area (Å²) in [6, 6.07) is 6.79. The van der Waals surface area contributed by atoms with Crippen LogP contribution in [-0.2, 0) is 0 Å². The van der Waals surface area contributed by atoms with Gasteiger partial charge in [0, 0.05) is 23.5 Å². The lowest BCUT2D eigenvalue weighted by atomic mass is 10.2. The second-order valence-corrected chi connectivity index (χ2v) is 3.99. The van der Waals surface area contributed by atoms with Crippen LogP contribution >= 0.6 is 12.2 Å². The van der Waals surface area contributed by atoms with E-state index in [0.717, 1.165) is 12.1 Å². The Morgan fingerprint density at radius 1 is 1.17 bits per heavy atom. The average molecular weight is 265 g/mol. The van der Waals surface area contributed by atoms with Gasteiger partial charge in [0.05, 0.1) is 0 Å². The molecular weight excluding hydrogens is 256 g/mol. The number of hydrogen-bond donors (Lipinski definition) is 2. The van der Waals surface area contributed by atoms with Gasteiger partial charge in [0.25, 0.3) is 0 Å². The maximum Gasteiger partial charge on any atom is 0.160 e. The van der Waals surface area contributed by atoms with Gasteiger partial charge < -0.3 is 11.1 Å². The minimum atomic E-state index is -0.925. The second-order valence-electron chi connectivity index (χ2n) is 3.55. The van der Waals surface area contributed by atoms with Gasteiger partial charge in [-0.15, -0.1) is 0 Å². The van der Waals surface area contributed by atoms with Crippen molar-refractivity contribution in [1.82, 2.24) is 4.98 Å². The minimum absolute atomic E-state index is 0.241. The Morgan fingerprint density at radius 2 is 1.94 bits per heavy atom. The first kappa shape index (κ1) is 12.4. The maximum atomic E-state index is 13.0. The number of pyridine rings is 1. The highest BCUT2D eigenvalue weighted by Crippen LogP contribution is 2.18. The summed E-state index contributed by atoms with van der Waals surface area (Å²) in [5.74, 6) is -1.37. The number of benzene rings is 1. The molecule has 0 amide bonds. The first-order valence-electron chi connectivity index (χ1n) is 5.04. The van der Waals surface area contributed by atoms with Gasteiger partial charge >= 0.3 is 0 Å². The predicted molar refractivity (Wildman–Crippen MR) is 69.8 cm³/mol. The van der Waals surface area contributed by atoms with E-state index in [1.165, 1.54) is 12.3 Å². The molecule has 0 fully saturated rings. The van der Waals surface area contributed by atoms with Crippen LogP contribution < -0.4 is 11.1 Å². The highest BCUT2D eigenvalue weighted by molar-refractivity contribution is 7.80. The van der Waals surface area contributed by atoms with Crippen molar-refractivity contribution in [2.75, 3.05) is 5.32 Å². The fourth-order valence-corrected chi connectivity index (χ4v) is 1.50. The number of thiocarbonyl (C=S) groups is 1. The van der Waals surface area contributed by atoms with Crippen LogP contribution in [0.3, 0.4) is 0 Å². The lowest BCUT2D eigenvalue weighted by Gasteiger charge is -2.07. The molecule has 18 heavy (non-hydrogen) atoms. The molecule has 0 bridgehead atoms. The highest BCUT2D eigenvalue weighted by atomic mass is 32.1. The van der Waals surface area contributed by atoms with E-state index in [2.05, 4.69) is 10.3 Å². The van der Waals surface area contributed by atoms with E-state index in [1.807, 2.05) is 0 Å². The van der Waals surface area contributed by atoms with Crippen molar-refractivity contribution >= 4 is 28.7 Å². The molecule has 0 saturated carbocycles. The zero-order chi connectivity index (χ0) is 13.1. The van der Waals surface area contributed by atoms with Crippen LogP contribution in [0.15, 0.2) is 36.5 Å². The van der Waals surface area contributed by atoms with Gasteiger partial charge in [0.2, 0.25) is 0 Å². The number of halogens is 2. The van der Waals surface area contributed by atoms with Gasteiger partial charge in [0.15, 0.2) is 11.6 Å². The third-order valence-corrected chi connectivity index (χ3v) is 2.47. The molecule has 0 spiro atoms. The minimum Gasteiger partial charge on any atom is -0.389 e. The Balaban J connectivity index is 2.25. The Kier molecular flexibility index (Phi) is 3.47. The highest BCUT2D eigenvalue weighted by Gasteiger charge is 2.04. The van der Waals surface area contributed by atoms with Crippen LogP contribution in [-0.4, -0.2) is 9.97 Å². The summed E-state index contributed by atoms with van der Waals surface area (Å²) in [5.41, 5.74) is 6.52. The van der Waals surface area contributed by atoms with E-state index < -0.39 is 11.6 Å². The van der Waals surface area contributed by atoms with Gasteiger partial charge in [-0.05, 0) is 24.3 Å². The molecule has 2 rings (SSSR count). The second kappa shape index (κ2) is 5.05. The SMILES string of the molecule is NC(=S)c1ccnc(Nc2ccc(F)c(F)c2)c1. The third kappa shape index (κ3) is 2.78. The van der Waals surface area contributed by atoms with Crippen molar-refractivity contribution in [3.63, 3.8) is 0 Å². The Bertz CT molecular complexity index is 602. The Morgan fingerprint density at radius 3 is 2.61 bits per heavy atom. The Labute approximate surface area is 108 Å². The molecule has 3 nitrogen and oxygen atoms in total. The number of aromatic nitrogens is 1. The van der Waals surface area contributed by atoms with E-state index >= 15 is 0 Å². The average Bonchev–Trinajstić information content (AvgIpc) is 2.34. The fourth-order valence-electron chi connectivity index (χ4n) is 1.37. The molecule has 2 aromatic rings. The number of anilines is 2. The molecule has 0 aliphatic heterocycles. The van der Waals surface area contributed by atoms with E-state index in [4.69, 9.17) is 18.0 Å². The van der Waals surface area contributed by atoms with Crippen molar-refractivity contribution in [3.8, 4) is 0 Å². The van der Waals surface area contributed by atoms with Gasteiger partial charge in [0.1, 0.15) is 10.8 Å². The molecular formula is C12H9F2N3S. The summed E-state index contributed by atoms with van der Waals surface area (Å²) in [6.45, 7) is 0. The smallest absolute Gasteiger partial charge is 0.160 e. The van der Waals surface area contributed by atoms with Crippen LogP contribution in [0.5, 0.6) is 0 Å². The predicted octanol–water partition coefficient (Wildman–Crippen LogP) is 2.74. The van der Waals surface area contributed by atoms with Gasteiger partial charge in [-0.2, -0.15) is 0 Å². The number of nitrogens with two attached hydrogens (primary N) is 1. The zero-order valence-electron chi connectivity index (χ0n) is 9.15. The molecule has 0 aliphatic rings. The topological polar surface area (TPSA) is 50.9 Å². The molecule has 0 aliphatic carbocycles. The molecule has 3 N–H and O–H groups in total. The van der Waals surface area contributed by atoms with Crippen molar-refractivity contribution in [2.45, 2.75) is 0 Å². The van der Waals surface area contributed by atoms with Gasteiger partial charge in [-0.1, -0.05) is 12.2 Å². The Hall–Kier alpha value is -2.08. The molecule has 92 valence electrons. The third-order valence-electron chi connectivity index (χ3n) is 2.24. The first-order chi connectivity index (χ1) is 8.56. The molecule has 1 aromatic carbocycles. The number of hydrogen-bond acceptors (Lipinski definition) is 3. The van der Waals surface area contributed by atoms with Crippen molar-refractivity contribution in [2.24, 2.45) is 5.73 Å². The van der Waals surface area contributed by atoms with Crippen molar-refractivity contribution < 1.29 is 8.78 Å². The summed E-state index contributed by atoms with van der Waals surface area (Å²) in [6.07, 6.45) is 1.52. The van der Waals surface area contributed by atoms with Crippen molar-refractivity contribution in [3.05, 3.63) is 53.7 Å². The quantitative estimate of drug-likeness (QED) is 0.838. The first-order valence-corrected chi connectivity index (χ1v) is 5.45. The lowest BCUT2D eigenvalue weighted by Crippen LogP contribution is -2.09.